The monoisotopic (exact) mass is 411 g/mol. The lowest BCUT2D eigenvalue weighted by Gasteiger charge is -2.42. The molecule has 0 saturated carbocycles. The van der Waals surface area contributed by atoms with Crippen LogP contribution in [0, 0.1) is 18.8 Å². The minimum Gasteiger partial charge on any atom is -0.341 e. The Bertz CT molecular complexity index is 877. The highest BCUT2D eigenvalue weighted by Crippen LogP contribution is 2.38. The van der Waals surface area contributed by atoms with Gasteiger partial charge in [0, 0.05) is 56.8 Å². The first-order valence-electron chi connectivity index (χ1n) is 10.8. The van der Waals surface area contributed by atoms with Crippen LogP contribution < -0.4 is 0 Å². The fraction of sp³-hybridized carbons (Fsp3) is 0.565. The van der Waals surface area contributed by atoms with Crippen LogP contribution in [-0.2, 0) is 22.7 Å². The number of hydrogen-bond donors (Lipinski definition) is 0. The quantitative estimate of drug-likeness (QED) is 0.701. The van der Waals surface area contributed by atoms with Crippen molar-refractivity contribution >= 4 is 11.8 Å². The first kappa shape index (κ1) is 22.0. The number of likely N-dealkylation sites (tertiary alicyclic amines) is 1. The number of amides is 2. The number of piperidine rings is 1. The van der Waals surface area contributed by atoms with Crippen LogP contribution in [0.25, 0.3) is 0 Å². The second-order valence-corrected chi connectivity index (χ2v) is 8.58. The molecule has 1 aliphatic rings. The maximum Gasteiger partial charge on any atom is 0.228 e. The molecular weight excluding hydrogens is 378 g/mol. The van der Waals surface area contributed by atoms with E-state index in [9.17, 15) is 9.59 Å². The molecule has 2 unspecified atom stereocenters. The van der Waals surface area contributed by atoms with Crippen LogP contribution in [0.1, 0.15) is 56.5 Å². The van der Waals surface area contributed by atoms with Crippen molar-refractivity contribution in [3.63, 3.8) is 0 Å². The number of pyridine rings is 1. The van der Waals surface area contributed by atoms with Crippen LogP contribution in [0.5, 0.6) is 0 Å². The highest BCUT2D eigenvalue weighted by atomic mass is 16.2. The Labute approximate surface area is 179 Å². The van der Waals surface area contributed by atoms with E-state index in [-0.39, 0.29) is 23.8 Å². The SMILES string of the molecule is CCn1ncc(CN(C)C(=O)C2CCC(=O)N(CC(C)C)C2c2cccnc2)c1C. The topological polar surface area (TPSA) is 71.3 Å². The molecule has 3 rings (SSSR count). The maximum atomic E-state index is 13.6. The van der Waals surface area contributed by atoms with Gasteiger partial charge in [0.2, 0.25) is 11.8 Å². The summed E-state index contributed by atoms with van der Waals surface area (Å²) in [6.45, 7) is 10.2. The number of hydrogen-bond acceptors (Lipinski definition) is 4. The Balaban J connectivity index is 1.87. The van der Waals surface area contributed by atoms with Gasteiger partial charge in [-0.15, -0.1) is 0 Å². The predicted octanol–water partition coefficient (Wildman–Crippen LogP) is 3.20. The molecule has 1 fully saturated rings. The van der Waals surface area contributed by atoms with Crippen molar-refractivity contribution in [2.24, 2.45) is 11.8 Å². The van der Waals surface area contributed by atoms with Crippen molar-refractivity contribution in [3.8, 4) is 0 Å². The summed E-state index contributed by atoms with van der Waals surface area (Å²) in [5.41, 5.74) is 3.06. The molecule has 0 N–H and O–H groups in total. The van der Waals surface area contributed by atoms with Crippen molar-refractivity contribution in [1.82, 2.24) is 24.6 Å². The molecule has 0 radical (unpaired) electrons. The summed E-state index contributed by atoms with van der Waals surface area (Å²) >= 11 is 0. The van der Waals surface area contributed by atoms with E-state index in [2.05, 4.69) is 30.9 Å². The van der Waals surface area contributed by atoms with Gasteiger partial charge in [0.05, 0.1) is 18.2 Å². The van der Waals surface area contributed by atoms with E-state index >= 15 is 0 Å². The Morgan fingerprint density at radius 1 is 1.33 bits per heavy atom. The molecule has 2 amide bonds. The van der Waals surface area contributed by atoms with Crippen LogP contribution in [0.15, 0.2) is 30.7 Å². The average molecular weight is 412 g/mol. The van der Waals surface area contributed by atoms with E-state index in [0.29, 0.717) is 31.8 Å². The number of carbonyl (C=O) groups excluding carboxylic acids is 2. The molecule has 0 aromatic carbocycles. The van der Waals surface area contributed by atoms with Crippen LogP contribution in [0.3, 0.4) is 0 Å². The van der Waals surface area contributed by atoms with Crippen LogP contribution in [0.4, 0.5) is 0 Å². The molecular formula is C23H33N5O2. The number of rotatable bonds is 7. The molecule has 2 atom stereocenters. The lowest BCUT2D eigenvalue weighted by atomic mass is 9.83. The molecule has 0 aliphatic carbocycles. The second kappa shape index (κ2) is 9.41. The Hall–Kier alpha value is -2.70. The highest BCUT2D eigenvalue weighted by Gasteiger charge is 2.41. The third-order valence-corrected chi connectivity index (χ3v) is 5.90. The normalized spacial score (nSPS) is 19.4. The second-order valence-electron chi connectivity index (χ2n) is 8.58. The molecule has 162 valence electrons. The van der Waals surface area contributed by atoms with E-state index < -0.39 is 0 Å². The molecule has 0 spiro atoms. The van der Waals surface area contributed by atoms with Gasteiger partial charge < -0.3 is 9.80 Å². The van der Waals surface area contributed by atoms with Crippen LogP contribution >= 0.6 is 0 Å². The van der Waals surface area contributed by atoms with Gasteiger partial charge in [-0.05, 0) is 37.8 Å². The zero-order valence-corrected chi connectivity index (χ0v) is 18.7. The standard InChI is InChI=1S/C23H33N5O2/c1-6-28-17(4)19(13-25-28)15-26(5)23(30)20-9-10-21(29)27(14-16(2)3)22(20)18-8-7-11-24-12-18/h7-8,11-13,16,20,22H,6,9-10,14-15H2,1-5H3. The molecule has 7 nitrogen and oxygen atoms in total. The maximum absolute atomic E-state index is 13.6. The van der Waals surface area contributed by atoms with E-state index in [0.717, 1.165) is 23.4 Å². The Morgan fingerprint density at radius 3 is 2.70 bits per heavy atom. The largest absolute Gasteiger partial charge is 0.341 e. The lowest BCUT2D eigenvalue weighted by molar-refractivity contribution is -0.148. The smallest absolute Gasteiger partial charge is 0.228 e. The summed E-state index contributed by atoms with van der Waals surface area (Å²) in [7, 11) is 1.84. The minimum absolute atomic E-state index is 0.0637. The predicted molar refractivity (Wildman–Crippen MR) is 115 cm³/mol. The molecule has 30 heavy (non-hydrogen) atoms. The van der Waals surface area contributed by atoms with Gasteiger partial charge >= 0.3 is 0 Å². The fourth-order valence-corrected chi connectivity index (χ4v) is 4.36. The summed E-state index contributed by atoms with van der Waals surface area (Å²) in [5, 5.41) is 4.39. The molecule has 1 aliphatic heterocycles. The van der Waals surface area contributed by atoms with Gasteiger partial charge in [-0.3, -0.25) is 19.3 Å². The van der Waals surface area contributed by atoms with E-state index in [1.807, 2.05) is 41.9 Å². The molecule has 7 heteroatoms. The molecule has 2 aromatic heterocycles. The molecule has 2 aromatic rings. The third-order valence-electron chi connectivity index (χ3n) is 5.90. The van der Waals surface area contributed by atoms with Crippen LogP contribution in [-0.4, -0.2) is 50.0 Å². The lowest BCUT2D eigenvalue weighted by Crippen LogP contribution is -2.49. The van der Waals surface area contributed by atoms with Crippen molar-refractivity contribution in [2.75, 3.05) is 13.6 Å². The van der Waals surface area contributed by atoms with Crippen molar-refractivity contribution in [1.29, 1.82) is 0 Å². The zero-order chi connectivity index (χ0) is 21.8. The fourth-order valence-electron chi connectivity index (χ4n) is 4.36. The molecule has 3 heterocycles. The van der Waals surface area contributed by atoms with Crippen molar-refractivity contribution in [2.45, 2.75) is 59.7 Å². The van der Waals surface area contributed by atoms with Gasteiger partial charge in [0.15, 0.2) is 0 Å². The number of aromatic nitrogens is 3. The van der Waals surface area contributed by atoms with Gasteiger partial charge in [-0.1, -0.05) is 19.9 Å². The van der Waals surface area contributed by atoms with Crippen molar-refractivity contribution < 1.29 is 9.59 Å². The van der Waals surface area contributed by atoms with E-state index in [1.165, 1.54) is 0 Å². The Morgan fingerprint density at radius 2 is 2.10 bits per heavy atom. The first-order valence-corrected chi connectivity index (χ1v) is 10.8. The highest BCUT2D eigenvalue weighted by molar-refractivity contribution is 5.85. The van der Waals surface area contributed by atoms with Crippen molar-refractivity contribution in [3.05, 3.63) is 47.5 Å². The summed E-state index contributed by atoms with van der Waals surface area (Å²) in [6, 6.07) is 3.56. The Kier molecular flexibility index (Phi) is 6.90. The van der Waals surface area contributed by atoms with E-state index in [4.69, 9.17) is 0 Å². The van der Waals surface area contributed by atoms with Gasteiger partial charge in [-0.2, -0.15) is 5.10 Å². The minimum atomic E-state index is -0.281. The first-order chi connectivity index (χ1) is 14.3. The van der Waals surface area contributed by atoms with Gasteiger partial charge in [-0.25, -0.2) is 0 Å². The number of aryl methyl sites for hydroxylation is 1. The molecule has 0 bridgehead atoms. The van der Waals surface area contributed by atoms with Gasteiger partial charge in [0.25, 0.3) is 0 Å². The number of carbonyl (C=O) groups is 2. The average Bonchev–Trinajstić information content (AvgIpc) is 3.08. The number of nitrogens with zero attached hydrogens (tertiary/aromatic N) is 5. The summed E-state index contributed by atoms with van der Waals surface area (Å²) in [6.07, 6.45) is 6.31. The van der Waals surface area contributed by atoms with E-state index in [1.54, 1.807) is 17.3 Å². The van der Waals surface area contributed by atoms with Gasteiger partial charge in [0.1, 0.15) is 0 Å². The summed E-state index contributed by atoms with van der Waals surface area (Å²) in [4.78, 5) is 34.3. The third kappa shape index (κ3) is 4.55. The van der Waals surface area contributed by atoms with Crippen LogP contribution in [0.2, 0.25) is 0 Å². The summed E-state index contributed by atoms with van der Waals surface area (Å²) < 4.78 is 1.94. The summed E-state index contributed by atoms with van der Waals surface area (Å²) in [5.74, 6) is 0.220. The zero-order valence-electron chi connectivity index (χ0n) is 18.7. The molecule has 1 saturated heterocycles.